The molecule has 1 aliphatic rings. The second kappa shape index (κ2) is 7.20. The van der Waals surface area contributed by atoms with E-state index >= 15 is 0 Å². The van der Waals surface area contributed by atoms with E-state index in [1.807, 2.05) is 0 Å². The van der Waals surface area contributed by atoms with Crippen LogP contribution >= 0.6 is 0 Å². The van der Waals surface area contributed by atoms with Gasteiger partial charge in [0, 0.05) is 26.2 Å². The molecule has 5 heteroatoms. The molecule has 0 aromatic rings. The molecular weight excluding hydrogens is 171 g/mol. The van der Waals surface area contributed by atoms with Gasteiger partial charge in [-0.2, -0.15) is 0 Å². The summed E-state index contributed by atoms with van der Waals surface area (Å²) in [6.07, 6.45) is 1.84. The topological polar surface area (TPSA) is 48.1 Å². The molecule has 1 heterocycles. The fraction of sp³-hybridized carbons (Fsp3) is 1.00. The van der Waals surface area contributed by atoms with Gasteiger partial charge in [0.15, 0.2) is 6.30 Å². The maximum atomic E-state index is 13.0. The van der Waals surface area contributed by atoms with Crippen LogP contribution in [0, 0.1) is 0 Å². The highest BCUT2D eigenvalue weighted by molar-refractivity contribution is 4.57. The minimum absolute atomic E-state index is 0.495. The Balaban J connectivity index is 2.11. The van der Waals surface area contributed by atoms with Gasteiger partial charge in [-0.05, 0) is 19.4 Å². The Hall–Kier alpha value is -0.230. The van der Waals surface area contributed by atoms with Crippen LogP contribution in [0.3, 0.4) is 0 Å². The molecule has 13 heavy (non-hydrogen) atoms. The zero-order chi connectivity index (χ0) is 9.36. The van der Waals surface area contributed by atoms with Crippen molar-refractivity contribution >= 4 is 0 Å². The normalized spacial score (nSPS) is 28.8. The maximum absolute atomic E-state index is 13.0. The number of alkyl halides is 1. The van der Waals surface area contributed by atoms with Gasteiger partial charge in [0.05, 0.1) is 0 Å². The van der Waals surface area contributed by atoms with E-state index in [2.05, 4.69) is 21.5 Å². The first-order valence-electron chi connectivity index (χ1n) is 4.93. The fourth-order valence-corrected chi connectivity index (χ4v) is 1.21. The molecule has 1 fully saturated rings. The van der Waals surface area contributed by atoms with Crippen LogP contribution in [0.25, 0.3) is 0 Å². The van der Waals surface area contributed by atoms with Crippen LogP contribution in [0.5, 0.6) is 0 Å². The van der Waals surface area contributed by atoms with Crippen LogP contribution in [-0.4, -0.2) is 32.6 Å². The van der Waals surface area contributed by atoms with Gasteiger partial charge >= 0.3 is 0 Å². The van der Waals surface area contributed by atoms with E-state index in [1.54, 1.807) is 0 Å². The van der Waals surface area contributed by atoms with E-state index in [9.17, 15) is 4.39 Å². The number of hydrogen-bond donors (Lipinski definition) is 4. The summed E-state index contributed by atoms with van der Waals surface area (Å²) in [5, 5.41) is 5.89. The smallest absolute Gasteiger partial charge is 0.153 e. The van der Waals surface area contributed by atoms with Gasteiger partial charge in [-0.3, -0.25) is 16.2 Å². The summed E-state index contributed by atoms with van der Waals surface area (Å²) in [4.78, 5) is 0. The highest BCUT2D eigenvalue weighted by Gasteiger charge is 2.04. The molecule has 1 unspecified atom stereocenters. The van der Waals surface area contributed by atoms with Crippen molar-refractivity contribution in [3.63, 3.8) is 0 Å². The van der Waals surface area contributed by atoms with Gasteiger partial charge in [-0.1, -0.05) is 0 Å². The van der Waals surface area contributed by atoms with Crippen molar-refractivity contribution in [3.05, 3.63) is 0 Å². The van der Waals surface area contributed by atoms with Crippen LogP contribution in [0.15, 0.2) is 0 Å². The van der Waals surface area contributed by atoms with Crippen molar-refractivity contribution < 1.29 is 4.39 Å². The molecule has 4 N–H and O–H groups in total. The molecule has 0 spiro atoms. The summed E-state index contributed by atoms with van der Waals surface area (Å²) in [6, 6.07) is 0. The van der Waals surface area contributed by atoms with Crippen LogP contribution in [-0.2, 0) is 0 Å². The molecule has 0 amide bonds. The number of hydrazine groups is 1. The largest absolute Gasteiger partial charge is 0.304 e. The van der Waals surface area contributed by atoms with Crippen LogP contribution in [0.2, 0.25) is 0 Å². The summed E-state index contributed by atoms with van der Waals surface area (Å²) < 4.78 is 13.0. The lowest BCUT2D eigenvalue weighted by atomic mass is 10.3. The molecule has 4 nitrogen and oxygen atoms in total. The van der Waals surface area contributed by atoms with E-state index in [0.29, 0.717) is 19.6 Å². The first-order chi connectivity index (χ1) is 6.39. The lowest BCUT2D eigenvalue weighted by Crippen LogP contribution is -2.40. The molecule has 0 saturated carbocycles. The van der Waals surface area contributed by atoms with E-state index in [0.717, 1.165) is 25.9 Å². The molecule has 78 valence electrons. The summed E-state index contributed by atoms with van der Waals surface area (Å²) in [5.74, 6) is 0. The van der Waals surface area contributed by atoms with Crippen molar-refractivity contribution in [1.82, 2.24) is 21.5 Å². The van der Waals surface area contributed by atoms with Crippen LogP contribution in [0.4, 0.5) is 4.39 Å². The Bertz CT molecular complexity index is 111. The first kappa shape index (κ1) is 10.8. The molecule has 0 aromatic carbocycles. The molecule has 1 saturated heterocycles. The molecule has 0 bridgehead atoms. The van der Waals surface area contributed by atoms with Crippen LogP contribution in [0.1, 0.15) is 19.3 Å². The standard InChI is InChI=1S/C8H19FN4/c9-8-3-6-13-12-5-2-1-4-10-7-11-8/h8,10-13H,1-7H2. The third-order valence-corrected chi connectivity index (χ3v) is 2.00. The van der Waals surface area contributed by atoms with Crippen molar-refractivity contribution in [2.75, 3.05) is 26.3 Å². The third kappa shape index (κ3) is 5.93. The SMILES string of the molecule is FC1CCNNCCCCNCN1. The van der Waals surface area contributed by atoms with Crippen molar-refractivity contribution in [1.29, 1.82) is 0 Å². The number of hydrogen-bond acceptors (Lipinski definition) is 4. The Morgan fingerprint density at radius 2 is 1.77 bits per heavy atom. The monoisotopic (exact) mass is 190 g/mol. The zero-order valence-corrected chi connectivity index (χ0v) is 7.91. The molecule has 1 rings (SSSR count). The number of nitrogens with one attached hydrogen (secondary N) is 4. The molecule has 0 aliphatic carbocycles. The van der Waals surface area contributed by atoms with Gasteiger partial charge in [0.1, 0.15) is 0 Å². The lowest BCUT2D eigenvalue weighted by molar-refractivity contribution is 0.243. The fourth-order valence-electron chi connectivity index (χ4n) is 1.21. The summed E-state index contributed by atoms with van der Waals surface area (Å²) >= 11 is 0. The van der Waals surface area contributed by atoms with Crippen LogP contribution < -0.4 is 21.5 Å². The second-order valence-corrected chi connectivity index (χ2v) is 3.20. The van der Waals surface area contributed by atoms with Crippen molar-refractivity contribution in [3.8, 4) is 0 Å². The number of halogens is 1. The average molecular weight is 190 g/mol. The van der Waals surface area contributed by atoms with Gasteiger partial charge in [0.25, 0.3) is 0 Å². The number of rotatable bonds is 0. The van der Waals surface area contributed by atoms with Gasteiger partial charge in [-0.15, -0.1) is 0 Å². The Labute approximate surface area is 78.6 Å². The van der Waals surface area contributed by atoms with Gasteiger partial charge in [-0.25, -0.2) is 4.39 Å². The lowest BCUT2D eigenvalue weighted by Gasteiger charge is -2.14. The molecule has 0 radical (unpaired) electrons. The molecule has 1 atom stereocenters. The minimum Gasteiger partial charge on any atom is -0.304 e. The molecular formula is C8H19FN4. The maximum Gasteiger partial charge on any atom is 0.153 e. The van der Waals surface area contributed by atoms with E-state index in [-0.39, 0.29) is 0 Å². The van der Waals surface area contributed by atoms with Gasteiger partial charge < -0.3 is 5.32 Å². The highest BCUT2D eigenvalue weighted by atomic mass is 19.1. The van der Waals surface area contributed by atoms with Gasteiger partial charge in [0.2, 0.25) is 0 Å². The third-order valence-electron chi connectivity index (χ3n) is 2.00. The first-order valence-corrected chi connectivity index (χ1v) is 4.93. The predicted molar refractivity (Wildman–Crippen MR) is 50.8 cm³/mol. The van der Waals surface area contributed by atoms with E-state index < -0.39 is 6.30 Å². The summed E-state index contributed by atoms with van der Waals surface area (Å²) in [7, 11) is 0. The quantitative estimate of drug-likeness (QED) is 0.396. The second-order valence-electron chi connectivity index (χ2n) is 3.20. The Kier molecular flexibility index (Phi) is 6.01. The van der Waals surface area contributed by atoms with E-state index in [4.69, 9.17) is 0 Å². The highest BCUT2D eigenvalue weighted by Crippen LogP contribution is 1.91. The van der Waals surface area contributed by atoms with Crippen molar-refractivity contribution in [2.24, 2.45) is 0 Å². The summed E-state index contributed by atoms with van der Waals surface area (Å²) in [5.41, 5.74) is 6.03. The van der Waals surface area contributed by atoms with E-state index in [1.165, 1.54) is 0 Å². The minimum atomic E-state index is -0.916. The molecule has 1 aliphatic heterocycles. The Morgan fingerprint density at radius 3 is 2.69 bits per heavy atom. The Morgan fingerprint density at radius 1 is 1.00 bits per heavy atom. The van der Waals surface area contributed by atoms with Crippen molar-refractivity contribution in [2.45, 2.75) is 25.6 Å². The summed E-state index contributed by atoms with van der Waals surface area (Å²) in [6.45, 7) is 3.12. The predicted octanol–water partition coefficient (Wildman–Crippen LogP) is -0.303. The molecule has 0 aromatic heterocycles. The average Bonchev–Trinajstić information content (AvgIpc) is 2.11. The zero-order valence-electron chi connectivity index (χ0n) is 7.91.